The molecule has 1 aromatic rings. The van der Waals surface area contributed by atoms with Gasteiger partial charge in [-0.1, -0.05) is 0 Å². The fourth-order valence-corrected chi connectivity index (χ4v) is 3.00. The normalized spacial score (nSPS) is 11.5. The van der Waals surface area contributed by atoms with Crippen LogP contribution in [0.1, 0.15) is 31.4 Å². The maximum Gasteiger partial charge on any atom is 0.405 e. The minimum absolute atomic E-state index is 0.117. The minimum atomic E-state index is -1.31. The summed E-state index contributed by atoms with van der Waals surface area (Å²) in [5.41, 5.74) is 5.13. The van der Waals surface area contributed by atoms with Crippen LogP contribution < -0.4 is 25.8 Å². The third-order valence-corrected chi connectivity index (χ3v) is 4.70. The summed E-state index contributed by atoms with van der Waals surface area (Å²) in [5.74, 6) is 0.151. The summed E-state index contributed by atoms with van der Waals surface area (Å²) >= 11 is 0. The lowest BCUT2D eigenvalue weighted by atomic mass is 10.1. The van der Waals surface area contributed by atoms with Gasteiger partial charge in [0.05, 0.1) is 76.0 Å². The second kappa shape index (κ2) is 18.1. The number of hydrogen-bond acceptors (Lipinski definition) is 10. The maximum atomic E-state index is 12.0. The first-order valence-corrected chi connectivity index (χ1v) is 11.5. The van der Waals surface area contributed by atoms with Crippen molar-refractivity contribution in [1.29, 1.82) is 0 Å². The highest BCUT2D eigenvalue weighted by Crippen LogP contribution is 2.37. The van der Waals surface area contributed by atoms with Gasteiger partial charge in [0.1, 0.15) is 0 Å². The van der Waals surface area contributed by atoms with Crippen molar-refractivity contribution in [2.24, 2.45) is 5.73 Å². The summed E-state index contributed by atoms with van der Waals surface area (Å²) < 4.78 is 26.7. The molecule has 0 saturated heterocycles. The summed E-state index contributed by atoms with van der Waals surface area (Å²) in [7, 11) is 1.37. The van der Waals surface area contributed by atoms with Crippen molar-refractivity contribution in [3.05, 3.63) is 27.8 Å². The fraction of sp³-hybridized carbons (Fsp3) is 0.636. The molecule has 0 aliphatic rings. The van der Waals surface area contributed by atoms with E-state index in [1.165, 1.54) is 26.2 Å². The molecule has 0 heterocycles. The largest absolute Gasteiger partial charge is 0.493 e. The van der Waals surface area contributed by atoms with Gasteiger partial charge in [-0.05, 0) is 19.4 Å². The Bertz CT molecular complexity index is 824. The zero-order valence-corrected chi connectivity index (χ0v) is 20.7. The first kappa shape index (κ1) is 30.8. The molecule has 14 heteroatoms. The summed E-state index contributed by atoms with van der Waals surface area (Å²) in [5, 5.41) is 25.3. The second-order valence-electron chi connectivity index (χ2n) is 7.42. The molecule has 0 aliphatic carbocycles. The van der Waals surface area contributed by atoms with Crippen LogP contribution in [-0.2, 0) is 19.0 Å². The molecule has 2 amide bonds. The monoisotopic (exact) mass is 516 g/mol. The van der Waals surface area contributed by atoms with Gasteiger partial charge >= 0.3 is 6.09 Å². The molecule has 0 aliphatic heterocycles. The summed E-state index contributed by atoms with van der Waals surface area (Å²) in [6.45, 7) is 5.05. The van der Waals surface area contributed by atoms with Crippen LogP contribution in [0.4, 0.5) is 10.5 Å². The lowest BCUT2D eigenvalue weighted by Crippen LogP contribution is -2.27. The molecule has 0 fully saturated rings. The number of nitrogens with zero attached hydrogens (tertiary/aromatic N) is 1. The Labute approximate surface area is 209 Å². The van der Waals surface area contributed by atoms with Crippen molar-refractivity contribution in [2.45, 2.75) is 25.8 Å². The fourth-order valence-electron chi connectivity index (χ4n) is 3.00. The lowest BCUT2D eigenvalue weighted by molar-refractivity contribution is -0.385. The highest BCUT2D eigenvalue weighted by molar-refractivity contribution is 5.75. The van der Waals surface area contributed by atoms with Crippen molar-refractivity contribution in [1.82, 2.24) is 10.6 Å². The highest BCUT2D eigenvalue weighted by Gasteiger charge is 2.24. The van der Waals surface area contributed by atoms with Crippen LogP contribution in [0.15, 0.2) is 12.1 Å². The van der Waals surface area contributed by atoms with Gasteiger partial charge in [-0.15, -0.1) is 0 Å². The summed E-state index contributed by atoms with van der Waals surface area (Å²) in [6, 6.07) is 1.71. The van der Waals surface area contributed by atoms with Gasteiger partial charge in [0.15, 0.2) is 11.5 Å². The van der Waals surface area contributed by atoms with Crippen molar-refractivity contribution in [3.8, 4) is 11.5 Å². The molecule has 1 rings (SSSR count). The molecule has 0 aromatic heterocycles. The average Bonchev–Trinajstić information content (AvgIpc) is 2.84. The van der Waals surface area contributed by atoms with Crippen molar-refractivity contribution in [2.75, 3.05) is 66.4 Å². The number of amides is 2. The lowest BCUT2D eigenvalue weighted by Gasteiger charge is -2.16. The SMILES string of the molecule is COc1cc(C(C)NC(=O)O)c([N+](=O)[O-])cc1OCCCC(=O)NCCOCCOCCOCCN. The third-order valence-electron chi connectivity index (χ3n) is 4.70. The molecule has 14 nitrogen and oxygen atoms in total. The van der Waals surface area contributed by atoms with Gasteiger partial charge in [0.25, 0.3) is 5.69 Å². The van der Waals surface area contributed by atoms with Gasteiger partial charge in [0.2, 0.25) is 5.91 Å². The van der Waals surface area contributed by atoms with Gasteiger partial charge < -0.3 is 45.2 Å². The molecule has 1 aromatic carbocycles. The van der Waals surface area contributed by atoms with Crippen molar-refractivity contribution >= 4 is 17.7 Å². The Morgan fingerprint density at radius 1 is 1.06 bits per heavy atom. The zero-order valence-electron chi connectivity index (χ0n) is 20.7. The number of hydrogen-bond donors (Lipinski definition) is 4. The van der Waals surface area contributed by atoms with Crippen LogP contribution in [0.25, 0.3) is 0 Å². The Kier molecular flexibility index (Phi) is 15.5. The maximum absolute atomic E-state index is 12.0. The number of rotatable bonds is 20. The summed E-state index contributed by atoms with van der Waals surface area (Å²) in [4.78, 5) is 33.7. The van der Waals surface area contributed by atoms with Crippen LogP contribution in [0.5, 0.6) is 11.5 Å². The van der Waals surface area contributed by atoms with E-state index < -0.39 is 17.1 Å². The number of nitro benzene ring substituents is 1. The molecule has 36 heavy (non-hydrogen) atoms. The molecular weight excluding hydrogens is 480 g/mol. The predicted molar refractivity (Wildman–Crippen MR) is 128 cm³/mol. The zero-order chi connectivity index (χ0) is 26.8. The van der Waals surface area contributed by atoms with E-state index in [-0.39, 0.29) is 41.7 Å². The molecule has 0 radical (unpaired) electrons. The molecule has 204 valence electrons. The van der Waals surface area contributed by atoms with E-state index in [1.54, 1.807) is 0 Å². The number of ether oxygens (including phenoxy) is 5. The number of methoxy groups -OCH3 is 1. The number of carboxylic acid groups (broad SMARTS) is 1. The van der Waals surface area contributed by atoms with Crippen LogP contribution >= 0.6 is 0 Å². The average molecular weight is 517 g/mol. The van der Waals surface area contributed by atoms with Crippen LogP contribution in [0.2, 0.25) is 0 Å². The van der Waals surface area contributed by atoms with E-state index in [1.807, 2.05) is 0 Å². The Hall–Kier alpha value is -3.20. The Morgan fingerprint density at radius 2 is 1.69 bits per heavy atom. The number of nitrogens with one attached hydrogen (secondary N) is 2. The second-order valence-corrected chi connectivity index (χ2v) is 7.42. The molecule has 0 bridgehead atoms. The van der Waals surface area contributed by atoms with E-state index in [0.29, 0.717) is 59.2 Å². The predicted octanol–water partition coefficient (Wildman–Crippen LogP) is 1.22. The highest BCUT2D eigenvalue weighted by atomic mass is 16.6. The van der Waals surface area contributed by atoms with Gasteiger partial charge in [-0.25, -0.2) is 4.79 Å². The first-order chi connectivity index (χ1) is 17.3. The van der Waals surface area contributed by atoms with E-state index in [4.69, 9.17) is 34.5 Å². The van der Waals surface area contributed by atoms with E-state index in [2.05, 4.69) is 10.6 Å². The molecular formula is C22H36N4O10. The minimum Gasteiger partial charge on any atom is -0.493 e. The van der Waals surface area contributed by atoms with Crippen LogP contribution in [-0.4, -0.2) is 88.5 Å². The number of nitro groups is 1. The van der Waals surface area contributed by atoms with Gasteiger partial charge in [0, 0.05) is 19.5 Å². The molecule has 5 N–H and O–H groups in total. The summed E-state index contributed by atoms with van der Waals surface area (Å²) in [6.07, 6.45) is -0.758. The number of carbonyl (C=O) groups is 2. The quantitative estimate of drug-likeness (QED) is 0.111. The van der Waals surface area contributed by atoms with Gasteiger partial charge in [-0.3, -0.25) is 14.9 Å². The van der Waals surface area contributed by atoms with E-state index >= 15 is 0 Å². The Balaban J connectivity index is 2.34. The van der Waals surface area contributed by atoms with Gasteiger partial charge in [-0.2, -0.15) is 0 Å². The smallest absolute Gasteiger partial charge is 0.405 e. The van der Waals surface area contributed by atoms with Crippen molar-refractivity contribution in [3.63, 3.8) is 0 Å². The van der Waals surface area contributed by atoms with Crippen molar-refractivity contribution < 1.29 is 43.3 Å². The molecule has 1 atom stereocenters. The molecule has 1 unspecified atom stereocenters. The van der Waals surface area contributed by atoms with E-state index in [9.17, 15) is 19.7 Å². The van der Waals surface area contributed by atoms with Crippen LogP contribution in [0, 0.1) is 10.1 Å². The number of carbonyl (C=O) groups excluding carboxylic acids is 1. The standard InChI is InChI=1S/C22H36N4O10/c1-16(25-22(28)29)17-14-19(32-2)20(15-18(17)26(30)31)36-7-3-4-21(27)24-6-9-34-11-13-35-12-10-33-8-5-23/h14-16,25H,3-13,23H2,1-2H3,(H,24,27)(H,28,29). The Morgan fingerprint density at radius 3 is 2.28 bits per heavy atom. The third kappa shape index (κ3) is 12.5. The molecule has 0 saturated carbocycles. The number of benzene rings is 1. The molecule has 0 spiro atoms. The number of nitrogens with two attached hydrogens (primary N) is 1. The van der Waals surface area contributed by atoms with E-state index in [0.717, 1.165) is 0 Å². The van der Waals surface area contributed by atoms with Crippen LogP contribution in [0.3, 0.4) is 0 Å². The topological polar surface area (TPSA) is 194 Å². The first-order valence-electron chi connectivity index (χ1n) is 11.5.